The Bertz CT molecular complexity index is 1480. The second-order valence-electron chi connectivity index (χ2n) is 18.8. The molecule has 47 heavy (non-hydrogen) atoms. The van der Waals surface area contributed by atoms with Gasteiger partial charge in [-0.05, 0) is 127 Å². The zero-order valence-corrected chi connectivity index (χ0v) is 30.8. The summed E-state index contributed by atoms with van der Waals surface area (Å²) in [4.78, 5) is 38.0. The van der Waals surface area contributed by atoms with Crippen LogP contribution in [0.3, 0.4) is 0 Å². The number of amides is 1. The van der Waals surface area contributed by atoms with Gasteiger partial charge in [0.2, 0.25) is 5.91 Å². The van der Waals surface area contributed by atoms with Crippen LogP contribution in [0.5, 0.6) is 0 Å². The number of allylic oxidation sites excluding steroid dienone is 3. The van der Waals surface area contributed by atoms with Crippen molar-refractivity contribution in [3.63, 3.8) is 0 Å². The summed E-state index contributed by atoms with van der Waals surface area (Å²) in [6.45, 7) is 24.2. The first kappa shape index (κ1) is 33.2. The number of aromatic nitrogens is 1. The number of hydrogen-bond acceptors (Lipinski definition) is 4. The molecule has 7 atom stereocenters. The van der Waals surface area contributed by atoms with Crippen LogP contribution >= 0.6 is 0 Å². The van der Waals surface area contributed by atoms with Gasteiger partial charge in [-0.1, -0.05) is 73.1 Å². The number of nitrogens with zero attached hydrogens (tertiary/aromatic N) is 3. The minimum absolute atomic E-state index is 0.0264. The minimum atomic E-state index is -0.392. The quantitative estimate of drug-likeness (QED) is 0.246. The number of carbonyl (C=O) groups excluding carboxylic acids is 2. The maximum absolute atomic E-state index is 14.8. The van der Waals surface area contributed by atoms with E-state index < -0.39 is 5.41 Å². The van der Waals surface area contributed by atoms with Crippen LogP contribution in [-0.2, 0) is 9.59 Å². The summed E-state index contributed by atoms with van der Waals surface area (Å²) in [7, 11) is 0. The van der Waals surface area contributed by atoms with Gasteiger partial charge in [-0.3, -0.25) is 14.6 Å². The molecule has 0 spiro atoms. The van der Waals surface area contributed by atoms with E-state index in [0.717, 1.165) is 95.2 Å². The predicted octanol–water partition coefficient (Wildman–Crippen LogP) is 8.61. The van der Waals surface area contributed by atoms with E-state index in [-0.39, 0.29) is 27.1 Å². The molecule has 5 aliphatic carbocycles. The van der Waals surface area contributed by atoms with Crippen molar-refractivity contribution in [1.82, 2.24) is 14.8 Å². The van der Waals surface area contributed by atoms with E-state index >= 15 is 0 Å². The highest BCUT2D eigenvalue weighted by Crippen LogP contribution is 2.76. The van der Waals surface area contributed by atoms with E-state index in [9.17, 15) is 9.59 Å². The van der Waals surface area contributed by atoms with Crippen molar-refractivity contribution in [2.45, 2.75) is 113 Å². The zero-order chi connectivity index (χ0) is 33.6. The molecule has 0 unspecified atom stereocenters. The molecule has 1 saturated heterocycles. The molecule has 5 fully saturated rings. The third kappa shape index (κ3) is 4.82. The number of likely N-dealkylation sites (N-methyl/N-ethyl adjacent to an activating group) is 1. The largest absolute Gasteiger partial charge is 0.340 e. The third-order valence-electron chi connectivity index (χ3n) is 15.8. The van der Waals surface area contributed by atoms with E-state index in [2.05, 4.69) is 88.4 Å². The first-order chi connectivity index (χ1) is 22.1. The summed E-state index contributed by atoms with van der Waals surface area (Å²) in [6, 6.07) is 4.04. The highest BCUT2D eigenvalue weighted by molar-refractivity contribution is 6.04. The molecule has 0 radical (unpaired) electrons. The molecule has 0 aromatic carbocycles. The fraction of sp³-hybridized carbons (Fsp3) is 0.738. The predicted molar refractivity (Wildman–Crippen MR) is 190 cm³/mol. The van der Waals surface area contributed by atoms with Gasteiger partial charge in [0.15, 0.2) is 5.78 Å². The van der Waals surface area contributed by atoms with Gasteiger partial charge < -0.3 is 9.80 Å². The monoisotopic (exact) mass is 639 g/mol. The Balaban J connectivity index is 1.27. The van der Waals surface area contributed by atoms with Crippen molar-refractivity contribution < 1.29 is 9.59 Å². The summed E-state index contributed by atoms with van der Waals surface area (Å²) in [5.74, 6) is 1.99. The highest BCUT2D eigenvalue weighted by Gasteiger charge is 2.69. The average molecular weight is 640 g/mol. The summed E-state index contributed by atoms with van der Waals surface area (Å²) < 4.78 is 0. The first-order valence-corrected chi connectivity index (χ1v) is 19.0. The number of hydrogen-bond donors (Lipinski definition) is 0. The van der Waals surface area contributed by atoms with Gasteiger partial charge in [-0.2, -0.15) is 0 Å². The molecule has 1 aliphatic heterocycles. The van der Waals surface area contributed by atoms with Crippen LogP contribution in [0, 0.1) is 50.2 Å². The normalized spacial score (nSPS) is 42.1. The molecular formula is C42H61N3O2. The number of piperazine rings is 1. The fourth-order valence-corrected chi connectivity index (χ4v) is 12.8. The van der Waals surface area contributed by atoms with E-state index in [1.807, 2.05) is 12.3 Å². The van der Waals surface area contributed by atoms with Gasteiger partial charge in [0.25, 0.3) is 0 Å². The van der Waals surface area contributed by atoms with Crippen LogP contribution in [0.15, 0.2) is 41.7 Å². The second-order valence-corrected chi connectivity index (χ2v) is 18.8. The van der Waals surface area contributed by atoms with Crippen LogP contribution < -0.4 is 0 Å². The molecule has 1 aromatic heterocycles. The highest BCUT2D eigenvalue weighted by atomic mass is 16.2. The number of pyridine rings is 1. The van der Waals surface area contributed by atoms with Crippen LogP contribution in [-0.4, -0.2) is 59.2 Å². The van der Waals surface area contributed by atoms with E-state index in [0.29, 0.717) is 29.4 Å². The maximum atomic E-state index is 14.8. The Morgan fingerprint density at radius 3 is 2.36 bits per heavy atom. The molecule has 7 rings (SSSR count). The summed E-state index contributed by atoms with van der Waals surface area (Å²) in [5, 5.41) is 0. The fourth-order valence-electron chi connectivity index (χ4n) is 12.8. The van der Waals surface area contributed by atoms with E-state index in [1.54, 1.807) is 11.8 Å². The van der Waals surface area contributed by atoms with Gasteiger partial charge >= 0.3 is 0 Å². The molecule has 6 aliphatic rings. The Labute approximate surface area is 285 Å². The number of ketones is 1. The standard InChI is InChI=1S/C42H61N3O2/c1-9-44-21-23-45(24-22-44)36(47)42-18-16-37(2,3)27-32(42)31-12-13-34-39(6)26-30(25-29-11-10-20-43-28-29)35(46)38(4,5)33(39)14-15-41(34,8)40(31,7)17-19-42/h10-12,20,25,28,32-34H,9,13-19,21-24,26-27H2,1-8H3/b30-25-/t32-,33+,34-,39+,40-,41-,42+/m1/s1. The maximum Gasteiger partial charge on any atom is 0.229 e. The van der Waals surface area contributed by atoms with Crippen LogP contribution in [0.2, 0.25) is 0 Å². The topological polar surface area (TPSA) is 53.5 Å². The summed E-state index contributed by atoms with van der Waals surface area (Å²) >= 11 is 0. The Morgan fingerprint density at radius 1 is 0.957 bits per heavy atom. The SMILES string of the molecule is CCN1CCN(C(=O)[C@]23CCC(C)(C)C[C@@H]2C2=CC[C@@H]4[C@@]5(C)C/C(=C/c6cccnc6)C(=O)C(C)(C)[C@@H]5CC[C@@]4(C)[C@]2(C)CC3)CC1. The molecule has 0 bridgehead atoms. The number of fused-ring (bicyclic) bond motifs is 7. The lowest BCUT2D eigenvalue weighted by atomic mass is 9.33. The van der Waals surface area contributed by atoms with Crippen molar-refractivity contribution in [3.05, 3.63) is 47.3 Å². The summed E-state index contributed by atoms with van der Waals surface area (Å²) in [5.41, 5.74) is 3.46. The zero-order valence-electron chi connectivity index (χ0n) is 30.8. The van der Waals surface area contributed by atoms with Crippen LogP contribution in [0.1, 0.15) is 119 Å². The molecule has 2 heterocycles. The number of rotatable bonds is 3. The van der Waals surface area contributed by atoms with Crippen LogP contribution in [0.25, 0.3) is 6.08 Å². The average Bonchev–Trinajstić information content (AvgIpc) is 3.04. The van der Waals surface area contributed by atoms with Crippen molar-refractivity contribution in [3.8, 4) is 0 Å². The van der Waals surface area contributed by atoms with Crippen molar-refractivity contribution in [2.75, 3.05) is 32.7 Å². The van der Waals surface area contributed by atoms with Gasteiger partial charge in [0.1, 0.15) is 0 Å². The molecule has 1 aromatic rings. The molecule has 5 nitrogen and oxygen atoms in total. The number of carbonyl (C=O) groups is 2. The minimum Gasteiger partial charge on any atom is -0.340 e. The lowest BCUT2D eigenvalue weighted by Gasteiger charge is -2.71. The van der Waals surface area contributed by atoms with E-state index in [4.69, 9.17) is 0 Å². The lowest BCUT2D eigenvalue weighted by molar-refractivity contribution is -0.182. The Kier molecular flexibility index (Phi) is 7.87. The molecule has 0 N–H and O–H groups in total. The van der Waals surface area contributed by atoms with E-state index in [1.165, 1.54) is 6.42 Å². The molecular weight excluding hydrogens is 578 g/mol. The lowest BCUT2D eigenvalue weighted by Crippen LogP contribution is -2.66. The van der Waals surface area contributed by atoms with Crippen molar-refractivity contribution >= 4 is 17.8 Å². The van der Waals surface area contributed by atoms with Crippen molar-refractivity contribution in [1.29, 1.82) is 0 Å². The van der Waals surface area contributed by atoms with Crippen LogP contribution in [0.4, 0.5) is 0 Å². The molecule has 1 amide bonds. The Hall–Kier alpha value is -2.27. The third-order valence-corrected chi connectivity index (χ3v) is 15.8. The second kappa shape index (κ2) is 11.1. The molecule has 4 saturated carbocycles. The van der Waals surface area contributed by atoms with Gasteiger partial charge in [0, 0.05) is 44.0 Å². The smallest absolute Gasteiger partial charge is 0.229 e. The van der Waals surface area contributed by atoms with Gasteiger partial charge in [-0.15, -0.1) is 0 Å². The molecule has 5 heteroatoms. The summed E-state index contributed by atoms with van der Waals surface area (Å²) in [6.07, 6.45) is 18.1. The Morgan fingerprint density at radius 2 is 1.68 bits per heavy atom. The first-order valence-electron chi connectivity index (χ1n) is 19.0. The number of Topliss-reactive ketones (excluding diaryl/α,β-unsaturated/α-hetero) is 1. The van der Waals surface area contributed by atoms with Gasteiger partial charge in [0.05, 0.1) is 5.41 Å². The molecule has 256 valence electrons. The van der Waals surface area contributed by atoms with Crippen molar-refractivity contribution in [2.24, 2.45) is 50.2 Å². The van der Waals surface area contributed by atoms with Gasteiger partial charge in [-0.25, -0.2) is 0 Å².